The summed E-state index contributed by atoms with van der Waals surface area (Å²) in [6, 6.07) is 4.38. The molecule has 0 saturated heterocycles. The predicted molar refractivity (Wildman–Crippen MR) is 82.1 cm³/mol. The van der Waals surface area contributed by atoms with Gasteiger partial charge in [-0.2, -0.15) is 0 Å². The van der Waals surface area contributed by atoms with Crippen LogP contribution in [0, 0.1) is 31.5 Å². The van der Waals surface area contributed by atoms with Crippen LogP contribution in [0.25, 0.3) is 0 Å². The Balaban J connectivity index is 2.40. The molecule has 0 aliphatic carbocycles. The first kappa shape index (κ1) is 15.5. The lowest BCUT2D eigenvalue weighted by Crippen LogP contribution is -2.16. The van der Waals surface area contributed by atoms with Gasteiger partial charge in [-0.25, -0.2) is 4.39 Å². The van der Waals surface area contributed by atoms with E-state index in [1.807, 2.05) is 13.8 Å². The molecule has 0 atom stereocenters. The molecule has 0 amide bonds. The van der Waals surface area contributed by atoms with E-state index in [-0.39, 0.29) is 17.3 Å². The number of thiazole rings is 1. The van der Waals surface area contributed by atoms with Crippen molar-refractivity contribution in [1.29, 1.82) is 0 Å². The third kappa shape index (κ3) is 3.60. The van der Waals surface area contributed by atoms with Crippen molar-refractivity contribution in [1.82, 2.24) is 4.57 Å². The van der Waals surface area contributed by atoms with E-state index in [0.717, 1.165) is 16.1 Å². The van der Waals surface area contributed by atoms with Gasteiger partial charge in [-0.3, -0.25) is 9.36 Å². The van der Waals surface area contributed by atoms with Crippen LogP contribution >= 0.6 is 11.3 Å². The number of aryl methyl sites for hydroxylation is 1. The van der Waals surface area contributed by atoms with Crippen LogP contribution in [0.3, 0.4) is 0 Å². The van der Waals surface area contributed by atoms with Gasteiger partial charge >= 0.3 is 4.87 Å². The highest BCUT2D eigenvalue weighted by molar-refractivity contribution is 7.09. The summed E-state index contributed by atoms with van der Waals surface area (Å²) in [5.41, 5.74) is 2.27. The molecule has 0 radical (unpaired) electrons. The Hall–Kier alpha value is -1.90. The molecule has 2 rings (SSSR count). The molecular weight excluding hydrogens is 289 g/mol. The number of aliphatic hydroxyl groups excluding tert-OH is 1. The van der Waals surface area contributed by atoms with Gasteiger partial charge in [0, 0.05) is 22.6 Å². The SMILES string of the molecule is Cc1sc(=O)n(Cc2ccc(F)cc2C#CCCO)c1C. The standard InChI is InChI=1S/C16H16FNO2S/c1-11-12(2)21-16(20)18(11)10-14-6-7-15(17)9-13(14)5-3-4-8-19/h6-7,9,19H,4,8,10H2,1-2H3. The van der Waals surface area contributed by atoms with Gasteiger partial charge in [-0.15, -0.1) is 0 Å². The van der Waals surface area contributed by atoms with Crippen molar-refractivity contribution in [2.45, 2.75) is 26.8 Å². The van der Waals surface area contributed by atoms with E-state index < -0.39 is 0 Å². The molecule has 0 bridgehead atoms. The minimum Gasteiger partial charge on any atom is -0.395 e. The van der Waals surface area contributed by atoms with E-state index in [4.69, 9.17) is 5.11 Å². The number of halogens is 1. The number of aromatic nitrogens is 1. The summed E-state index contributed by atoms with van der Waals surface area (Å²) in [6.07, 6.45) is 0.340. The molecule has 5 heteroatoms. The molecule has 1 aromatic carbocycles. The maximum Gasteiger partial charge on any atom is 0.307 e. The van der Waals surface area contributed by atoms with Crippen LogP contribution in [0.1, 0.15) is 28.1 Å². The Morgan fingerprint density at radius 2 is 2.14 bits per heavy atom. The van der Waals surface area contributed by atoms with Gasteiger partial charge in [0.2, 0.25) is 0 Å². The normalized spacial score (nSPS) is 10.3. The fraction of sp³-hybridized carbons (Fsp3) is 0.312. The maximum atomic E-state index is 13.4. The quantitative estimate of drug-likeness (QED) is 0.885. The number of nitrogens with zero attached hydrogens (tertiary/aromatic N) is 1. The number of hydrogen-bond donors (Lipinski definition) is 1. The Morgan fingerprint density at radius 3 is 2.76 bits per heavy atom. The molecule has 110 valence electrons. The molecule has 0 fully saturated rings. The van der Waals surface area contributed by atoms with E-state index in [2.05, 4.69) is 11.8 Å². The second-order valence-corrected chi connectivity index (χ2v) is 5.84. The Kier molecular flexibility index (Phi) is 4.94. The van der Waals surface area contributed by atoms with Crippen molar-refractivity contribution in [2.75, 3.05) is 6.61 Å². The first-order valence-corrected chi connectivity index (χ1v) is 7.39. The third-order valence-corrected chi connectivity index (χ3v) is 4.23. The summed E-state index contributed by atoms with van der Waals surface area (Å²) >= 11 is 1.21. The molecule has 2 aromatic rings. The first-order valence-electron chi connectivity index (χ1n) is 6.58. The molecule has 1 N–H and O–H groups in total. The summed E-state index contributed by atoms with van der Waals surface area (Å²) in [5, 5.41) is 8.76. The average molecular weight is 305 g/mol. The molecule has 1 heterocycles. The molecule has 0 aliphatic heterocycles. The summed E-state index contributed by atoms with van der Waals surface area (Å²) in [5.74, 6) is 5.28. The number of aliphatic hydroxyl groups is 1. The van der Waals surface area contributed by atoms with Crippen molar-refractivity contribution >= 4 is 11.3 Å². The summed E-state index contributed by atoms with van der Waals surface area (Å²) in [7, 11) is 0. The minimum atomic E-state index is -0.363. The predicted octanol–water partition coefficient (Wildman–Crippen LogP) is 2.45. The van der Waals surface area contributed by atoms with Crippen LogP contribution in [0.15, 0.2) is 23.0 Å². The van der Waals surface area contributed by atoms with E-state index in [1.165, 1.54) is 23.5 Å². The van der Waals surface area contributed by atoms with Crippen LogP contribution in [0.5, 0.6) is 0 Å². The molecule has 0 spiro atoms. The highest BCUT2D eigenvalue weighted by atomic mass is 32.1. The molecular formula is C16H16FNO2S. The second kappa shape index (κ2) is 6.70. The molecule has 1 aromatic heterocycles. The minimum absolute atomic E-state index is 0.0245. The van der Waals surface area contributed by atoms with Crippen molar-refractivity contribution in [3.05, 3.63) is 55.4 Å². The first-order chi connectivity index (χ1) is 10.0. The zero-order valence-corrected chi connectivity index (χ0v) is 12.8. The zero-order chi connectivity index (χ0) is 15.4. The van der Waals surface area contributed by atoms with E-state index in [9.17, 15) is 9.18 Å². The highest BCUT2D eigenvalue weighted by Crippen LogP contribution is 2.15. The molecule has 0 aliphatic rings. The third-order valence-electron chi connectivity index (χ3n) is 3.24. The smallest absolute Gasteiger partial charge is 0.307 e. The summed E-state index contributed by atoms with van der Waals surface area (Å²) in [4.78, 5) is 12.9. The summed E-state index contributed by atoms with van der Waals surface area (Å²) in [6.45, 7) is 4.15. The van der Waals surface area contributed by atoms with E-state index >= 15 is 0 Å². The molecule has 0 saturated carbocycles. The topological polar surface area (TPSA) is 42.2 Å². The van der Waals surface area contributed by atoms with Gasteiger partial charge in [-0.1, -0.05) is 29.2 Å². The van der Waals surface area contributed by atoms with Gasteiger partial charge in [0.25, 0.3) is 0 Å². The van der Waals surface area contributed by atoms with Gasteiger partial charge < -0.3 is 5.11 Å². The Morgan fingerprint density at radius 1 is 1.38 bits per heavy atom. The maximum absolute atomic E-state index is 13.4. The van der Waals surface area contributed by atoms with Crippen LogP contribution in [-0.4, -0.2) is 16.3 Å². The zero-order valence-electron chi connectivity index (χ0n) is 11.9. The molecule has 0 unspecified atom stereocenters. The number of hydrogen-bond acceptors (Lipinski definition) is 3. The largest absolute Gasteiger partial charge is 0.395 e. The average Bonchev–Trinajstić information content (AvgIpc) is 2.68. The van der Waals surface area contributed by atoms with Crippen LogP contribution < -0.4 is 4.87 Å². The van der Waals surface area contributed by atoms with E-state index in [0.29, 0.717) is 18.5 Å². The van der Waals surface area contributed by atoms with Crippen LogP contribution in [0.4, 0.5) is 4.39 Å². The monoisotopic (exact) mass is 305 g/mol. The van der Waals surface area contributed by atoms with Crippen molar-refractivity contribution in [3.8, 4) is 11.8 Å². The lowest BCUT2D eigenvalue weighted by Gasteiger charge is -2.08. The Bertz CT molecular complexity index is 765. The van der Waals surface area contributed by atoms with E-state index in [1.54, 1.807) is 10.6 Å². The van der Waals surface area contributed by atoms with Gasteiger partial charge in [-0.05, 0) is 31.5 Å². The van der Waals surface area contributed by atoms with Gasteiger partial charge in [0.1, 0.15) is 5.82 Å². The number of benzene rings is 1. The molecule has 21 heavy (non-hydrogen) atoms. The van der Waals surface area contributed by atoms with Crippen LogP contribution in [-0.2, 0) is 6.54 Å². The summed E-state index contributed by atoms with van der Waals surface area (Å²) < 4.78 is 15.0. The molecule has 3 nitrogen and oxygen atoms in total. The van der Waals surface area contributed by atoms with Crippen molar-refractivity contribution < 1.29 is 9.50 Å². The Labute approximate surface area is 126 Å². The van der Waals surface area contributed by atoms with Gasteiger partial charge in [0.05, 0.1) is 13.2 Å². The lowest BCUT2D eigenvalue weighted by atomic mass is 10.1. The van der Waals surface area contributed by atoms with Crippen molar-refractivity contribution in [2.24, 2.45) is 0 Å². The fourth-order valence-electron chi connectivity index (χ4n) is 1.96. The second-order valence-electron chi connectivity index (χ2n) is 4.67. The van der Waals surface area contributed by atoms with Crippen molar-refractivity contribution in [3.63, 3.8) is 0 Å². The van der Waals surface area contributed by atoms with Gasteiger partial charge in [0.15, 0.2) is 0 Å². The van der Waals surface area contributed by atoms with Crippen LogP contribution in [0.2, 0.25) is 0 Å². The highest BCUT2D eigenvalue weighted by Gasteiger charge is 2.10. The fourth-order valence-corrected chi connectivity index (χ4v) is 2.79. The lowest BCUT2D eigenvalue weighted by molar-refractivity contribution is 0.305. The number of rotatable bonds is 3.